The molecular formula is C19H33NO. The lowest BCUT2D eigenvalue weighted by Gasteiger charge is -2.29. The van der Waals surface area contributed by atoms with Crippen LogP contribution in [0.4, 0.5) is 0 Å². The lowest BCUT2D eigenvalue weighted by atomic mass is 9.93. The molecule has 1 rings (SSSR count). The molecule has 0 heterocycles. The molecule has 0 spiro atoms. The summed E-state index contributed by atoms with van der Waals surface area (Å²) >= 11 is 0. The van der Waals surface area contributed by atoms with E-state index in [0.717, 1.165) is 25.8 Å². The van der Waals surface area contributed by atoms with Crippen LogP contribution in [0.15, 0.2) is 24.3 Å². The average Bonchev–Trinajstić information content (AvgIpc) is 2.45. The Bertz CT molecular complexity index is 395. The van der Waals surface area contributed by atoms with E-state index in [2.05, 4.69) is 64.2 Å². The summed E-state index contributed by atoms with van der Waals surface area (Å²) in [6.45, 7) is 12.1. The summed E-state index contributed by atoms with van der Waals surface area (Å²) in [7, 11) is 1.80. The smallest absolute Gasteiger partial charge is 0.0637 e. The summed E-state index contributed by atoms with van der Waals surface area (Å²) in [6, 6.07) is 9.53. The van der Waals surface area contributed by atoms with E-state index in [0.29, 0.717) is 12.0 Å². The van der Waals surface area contributed by atoms with Crippen LogP contribution in [0.2, 0.25) is 0 Å². The van der Waals surface area contributed by atoms with Crippen molar-refractivity contribution in [3.63, 3.8) is 0 Å². The van der Waals surface area contributed by atoms with Gasteiger partial charge in [-0.2, -0.15) is 0 Å². The maximum absolute atomic E-state index is 5.60. The van der Waals surface area contributed by atoms with Gasteiger partial charge in [0, 0.05) is 13.2 Å². The van der Waals surface area contributed by atoms with Gasteiger partial charge in [0.15, 0.2) is 0 Å². The summed E-state index contributed by atoms with van der Waals surface area (Å²) in [5.74, 6) is 0.598. The molecule has 2 nitrogen and oxygen atoms in total. The van der Waals surface area contributed by atoms with Gasteiger partial charge >= 0.3 is 0 Å². The molecule has 0 amide bonds. The highest BCUT2D eigenvalue weighted by Gasteiger charge is 2.22. The van der Waals surface area contributed by atoms with Gasteiger partial charge in [0.25, 0.3) is 0 Å². The van der Waals surface area contributed by atoms with Crippen molar-refractivity contribution in [2.75, 3.05) is 13.7 Å². The highest BCUT2D eigenvalue weighted by molar-refractivity contribution is 5.25. The standard InChI is InChI=1S/C19H33NO/c1-7-12-20-18(14-19(4,5)21-6)13-16-8-10-17(11-9-16)15(2)3/h8-11,15,18,20H,7,12-14H2,1-6H3. The Labute approximate surface area is 131 Å². The molecule has 0 fully saturated rings. The first-order valence-corrected chi connectivity index (χ1v) is 8.25. The van der Waals surface area contributed by atoms with Crippen LogP contribution in [0.5, 0.6) is 0 Å². The van der Waals surface area contributed by atoms with Gasteiger partial charge in [0.1, 0.15) is 0 Å². The topological polar surface area (TPSA) is 21.3 Å². The van der Waals surface area contributed by atoms with E-state index in [4.69, 9.17) is 4.74 Å². The SMILES string of the molecule is CCCNC(Cc1ccc(C(C)C)cc1)CC(C)(C)OC. The number of nitrogens with one attached hydrogen (secondary N) is 1. The number of methoxy groups -OCH3 is 1. The van der Waals surface area contributed by atoms with E-state index < -0.39 is 0 Å². The van der Waals surface area contributed by atoms with Gasteiger partial charge < -0.3 is 10.1 Å². The molecule has 0 aliphatic heterocycles. The van der Waals surface area contributed by atoms with Crippen LogP contribution in [0.3, 0.4) is 0 Å². The number of benzene rings is 1. The summed E-state index contributed by atoms with van der Waals surface area (Å²) in [5, 5.41) is 3.67. The van der Waals surface area contributed by atoms with Crippen LogP contribution in [-0.4, -0.2) is 25.3 Å². The van der Waals surface area contributed by atoms with E-state index in [1.165, 1.54) is 11.1 Å². The Morgan fingerprint density at radius 3 is 2.24 bits per heavy atom. The summed E-state index contributed by atoms with van der Waals surface area (Å²) < 4.78 is 5.60. The Kier molecular flexibility index (Phi) is 7.41. The van der Waals surface area contributed by atoms with Crippen LogP contribution in [0.1, 0.15) is 64.5 Å². The molecule has 0 saturated carbocycles. The average molecular weight is 291 g/mol. The van der Waals surface area contributed by atoms with E-state index in [1.807, 2.05) is 0 Å². The zero-order chi connectivity index (χ0) is 15.9. The second-order valence-corrected chi connectivity index (χ2v) is 6.92. The van der Waals surface area contributed by atoms with Crippen molar-refractivity contribution in [2.45, 2.75) is 71.4 Å². The molecule has 0 aliphatic carbocycles. The monoisotopic (exact) mass is 291 g/mol. The molecule has 1 aromatic rings. The molecule has 0 aromatic heterocycles. The maximum atomic E-state index is 5.60. The highest BCUT2D eigenvalue weighted by Crippen LogP contribution is 2.20. The van der Waals surface area contributed by atoms with Crippen molar-refractivity contribution in [3.05, 3.63) is 35.4 Å². The minimum atomic E-state index is -0.0801. The van der Waals surface area contributed by atoms with Crippen molar-refractivity contribution >= 4 is 0 Å². The highest BCUT2D eigenvalue weighted by atomic mass is 16.5. The van der Waals surface area contributed by atoms with Crippen molar-refractivity contribution in [3.8, 4) is 0 Å². The fraction of sp³-hybridized carbons (Fsp3) is 0.684. The van der Waals surface area contributed by atoms with Gasteiger partial charge in [-0.15, -0.1) is 0 Å². The Morgan fingerprint density at radius 1 is 1.14 bits per heavy atom. The number of ether oxygens (including phenoxy) is 1. The predicted octanol–water partition coefficient (Wildman–Crippen LogP) is 4.54. The number of hydrogen-bond acceptors (Lipinski definition) is 2. The van der Waals surface area contributed by atoms with Crippen molar-refractivity contribution in [1.29, 1.82) is 0 Å². The fourth-order valence-electron chi connectivity index (χ4n) is 2.56. The summed E-state index contributed by atoms with van der Waals surface area (Å²) in [6.07, 6.45) is 3.25. The fourth-order valence-corrected chi connectivity index (χ4v) is 2.56. The molecule has 1 N–H and O–H groups in total. The largest absolute Gasteiger partial charge is 0.379 e. The second-order valence-electron chi connectivity index (χ2n) is 6.92. The normalized spacial score (nSPS) is 13.7. The molecule has 2 heteroatoms. The quantitative estimate of drug-likeness (QED) is 0.721. The first-order chi connectivity index (χ1) is 9.88. The van der Waals surface area contributed by atoms with Crippen LogP contribution in [-0.2, 0) is 11.2 Å². The molecule has 0 radical (unpaired) electrons. The Balaban J connectivity index is 2.70. The van der Waals surface area contributed by atoms with E-state index in [-0.39, 0.29) is 5.60 Å². The Morgan fingerprint density at radius 2 is 1.76 bits per heavy atom. The van der Waals surface area contributed by atoms with E-state index >= 15 is 0 Å². The number of hydrogen-bond donors (Lipinski definition) is 1. The molecule has 120 valence electrons. The van der Waals surface area contributed by atoms with Gasteiger partial charge in [0.05, 0.1) is 5.60 Å². The molecule has 0 bridgehead atoms. The minimum Gasteiger partial charge on any atom is -0.379 e. The van der Waals surface area contributed by atoms with Gasteiger partial charge in [0.2, 0.25) is 0 Å². The first-order valence-electron chi connectivity index (χ1n) is 8.25. The number of rotatable bonds is 9. The van der Waals surface area contributed by atoms with Crippen LogP contribution < -0.4 is 5.32 Å². The van der Waals surface area contributed by atoms with Gasteiger partial charge in [-0.3, -0.25) is 0 Å². The molecule has 1 unspecified atom stereocenters. The zero-order valence-corrected chi connectivity index (χ0v) is 14.7. The van der Waals surface area contributed by atoms with Gasteiger partial charge in [-0.25, -0.2) is 0 Å². The van der Waals surface area contributed by atoms with Crippen molar-refractivity contribution in [2.24, 2.45) is 0 Å². The molecular weight excluding hydrogens is 258 g/mol. The van der Waals surface area contributed by atoms with Crippen molar-refractivity contribution in [1.82, 2.24) is 5.32 Å². The molecule has 0 aliphatic rings. The van der Waals surface area contributed by atoms with Crippen LogP contribution in [0.25, 0.3) is 0 Å². The zero-order valence-electron chi connectivity index (χ0n) is 14.7. The van der Waals surface area contributed by atoms with E-state index in [1.54, 1.807) is 7.11 Å². The maximum Gasteiger partial charge on any atom is 0.0637 e. The first kappa shape index (κ1) is 18.2. The third-order valence-electron chi connectivity index (χ3n) is 4.10. The van der Waals surface area contributed by atoms with Gasteiger partial charge in [-0.05, 0) is 56.7 Å². The molecule has 1 atom stereocenters. The molecule has 0 saturated heterocycles. The molecule has 21 heavy (non-hydrogen) atoms. The predicted molar refractivity (Wildman–Crippen MR) is 92.0 cm³/mol. The van der Waals surface area contributed by atoms with Gasteiger partial charge in [-0.1, -0.05) is 45.0 Å². The summed E-state index contributed by atoms with van der Waals surface area (Å²) in [5.41, 5.74) is 2.73. The third kappa shape index (κ3) is 6.62. The van der Waals surface area contributed by atoms with Crippen molar-refractivity contribution < 1.29 is 4.74 Å². The Hall–Kier alpha value is -0.860. The molecule has 1 aromatic carbocycles. The van der Waals surface area contributed by atoms with Crippen LogP contribution >= 0.6 is 0 Å². The van der Waals surface area contributed by atoms with Crippen LogP contribution in [0, 0.1) is 0 Å². The second kappa shape index (κ2) is 8.55. The van der Waals surface area contributed by atoms with E-state index in [9.17, 15) is 0 Å². The summed E-state index contributed by atoms with van der Waals surface area (Å²) in [4.78, 5) is 0. The lowest BCUT2D eigenvalue weighted by Crippen LogP contribution is -2.39. The minimum absolute atomic E-state index is 0.0801. The lowest BCUT2D eigenvalue weighted by molar-refractivity contribution is 0.00714. The third-order valence-corrected chi connectivity index (χ3v) is 4.10.